The van der Waals surface area contributed by atoms with Gasteiger partial charge in [0.05, 0.1) is 11.7 Å². The summed E-state index contributed by atoms with van der Waals surface area (Å²) in [6.45, 7) is 2.05. The molecular weight excluding hydrogens is 306 g/mol. The van der Waals surface area contributed by atoms with Crippen LogP contribution in [0.1, 0.15) is 35.7 Å². The lowest BCUT2D eigenvalue weighted by molar-refractivity contribution is -0.118. The quantitative estimate of drug-likeness (QED) is 0.799. The third kappa shape index (κ3) is 3.73. The number of carbonyl (C=O) groups is 2. The number of amides is 3. The summed E-state index contributed by atoms with van der Waals surface area (Å²) in [4.78, 5) is 23.3. The number of aromatic nitrogens is 2. The lowest BCUT2D eigenvalue weighted by atomic mass is 9.94. The van der Waals surface area contributed by atoms with Crippen molar-refractivity contribution in [1.29, 1.82) is 0 Å². The second kappa shape index (κ2) is 6.74. The molecule has 0 bridgehead atoms. The van der Waals surface area contributed by atoms with Crippen LogP contribution in [0.25, 0.3) is 0 Å². The van der Waals surface area contributed by atoms with Crippen LogP contribution in [0.3, 0.4) is 0 Å². The number of primary amides is 1. The van der Waals surface area contributed by atoms with Crippen molar-refractivity contribution >= 4 is 17.6 Å². The van der Waals surface area contributed by atoms with Crippen molar-refractivity contribution in [1.82, 2.24) is 15.1 Å². The number of rotatable bonds is 4. The van der Waals surface area contributed by atoms with Gasteiger partial charge in [-0.25, -0.2) is 4.79 Å². The van der Waals surface area contributed by atoms with E-state index in [0.29, 0.717) is 0 Å². The van der Waals surface area contributed by atoms with Gasteiger partial charge < -0.3 is 16.4 Å². The zero-order valence-electron chi connectivity index (χ0n) is 13.6. The molecule has 3 amide bonds. The van der Waals surface area contributed by atoms with Crippen LogP contribution in [0, 0.1) is 6.92 Å². The van der Waals surface area contributed by atoms with Crippen LogP contribution in [0.2, 0.25) is 0 Å². The van der Waals surface area contributed by atoms with E-state index in [4.69, 9.17) is 5.73 Å². The monoisotopic (exact) mass is 327 g/mol. The number of benzene rings is 1. The molecule has 0 fully saturated rings. The number of fused-ring (bicyclic) bond motifs is 1. The largest absolute Gasteiger partial charge is 0.368 e. The predicted molar refractivity (Wildman–Crippen MR) is 90.4 cm³/mol. The van der Waals surface area contributed by atoms with E-state index in [0.717, 1.165) is 41.8 Å². The molecule has 2 aromatic rings. The molecule has 0 radical (unpaired) electrons. The van der Waals surface area contributed by atoms with Crippen molar-refractivity contribution in [3.05, 3.63) is 47.3 Å². The number of hydrogen-bond donors (Lipinski definition) is 3. The van der Waals surface area contributed by atoms with Crippen LogP contribution >= 0.6 is 0 Å². The number of hydrogen-bond acceptors (Lipinski definition) is 3. The Morgan fingerprint density at radius 3 is 2.79 bits per heavy atom. The topological polar surface area (TPSA) is 102 Å². The van der Waals surface area contributed by atoms with Crippen molar-refractivity contribution in [2.75, 3.05) is 5.32 Å². The number of urea groups is 1. The van der Waals surface area contributed by atoms with Gasteiger partial charge in [0, 0.05) is 11.9 Å². The van der Waals surface area contributed by atoms with Crippen LogP contribution in [-0.2, 0) is 17.8 Å². The number of aryl methyl sites for hydroxylation is 2. The molecule has 24 heavy (non-hydrogen) atoms. The molecule has 1 aromatic heterocycles. The Kier molecular flexibility index (Phi) is 4.50. The van der Waals surface area contributed by atoms with Crippen molar-refractivity contribution in [3.8, 4) is 0 Å². The fourth-order valence-electron chi connectivity index (χ4n) is 2.94. The summed E-state index contributed by atoms with van der Waals surface area (Å²) in [5.41, 5.74) is 8.97. The Morgan fingerprint density at radius 2 is 2.08 bits per heavy atom. The molecule has 0 aliphatic heterocycles. The van der Waals surface area contributed by atoms with Gasteiger partial charge in [0.25, 0.3) is 0 Å². The number of carbonyl (C=O) groups excluding carboxylic acids is 2. The van der Waals surface area contributed by atoms with Crippen molar-refractivity contribution < 1.29 is 9.59 Å². The lowest BCUT2D eigenvalue weighted by Gasteiger charge is -2.22. The maximum Gasteiger partial charge on any atom is 0.319 e. The Morgan fingerprint density at radius 1 is 1.33 bits per heavy atom. The van der Waals surface area contributed by atoms with E-state index in [9.17, 15) is 9.59 Å². The molecule has 0 spiro atoms. The molecular formula is C17H21N5O2. The van der Waals surface area contributed by atoms with Gasteiger partial charge in [0.15, 0.2) is 0 Å². The SMILES string of the molecule is Cc1ccc(NC(=O)N[C@@H]2CCCc3cn(CC(N)=O)nc32)cc1. The minimum atomic E-state index is -0.434. The second-order valence-corrected chi connectivity index (χ2v) is 6.11. The van der Waals surface area contributed by atoms with E-state index in [1.165, 1.54) is 0 Å². The summed E-state index contributed by atoms with van der Waals surface area (Å²) in [7, 11) is 0. The summed E-state index contributed by atoms with van der Waals surface area (Å²) in [5.74, 6) is -0.434. The fourth-order valence-corrected chi connectivity index (χ4v) is 2.94. The Hall–Kier alpha value is -2.83. The van der Waals surface area contributed by atoms with Gasteiger partial charge in [-0.2, -0.15) is 5.10 Å². The van der Waals surface area contributed by atoms with Crippen LogP contribution in [-0.4, -0.2) is 21.7 Å². The molecule has 126 valence electrons. The van der Waals surface area contributed by atoms with Crippen LogP contribution in [0.15, 0.2) is 30.5 Å². The molecule has 7 nitrogen and oxygen atoms in total. The molecule has 1 aliphatic rings. The normalized spacial score (nSPS) is 16.3. The second-order valence-electron chi connectivity index (χ2n) is 6.11. The van der Waals surface area contributed by atoms with Crippen LogP contribution in [0.5, 0.6) is 0 Å². The summed E-state index contributed by atoms with van der Waals surface area (Å²) in [5, 5.41) is 10.2. The summed E-state index contributed by atoms with van der Waals surface area (Å²) < 4.78 is 1.55. The van der Waals surface area contributed by atoms with E-state index in [-0.39, 0.29) is 18.6 Å². The zero-order chi connectivity index (χ0) is 17.1. The van der Waals surface area contributed by atoms with E-state index in [2.05, 4.69) is 15.7 Å². The maximum absolute atomic E-state index is 12.2. The highest BCUT2D eigenvalue weighted by Crippen LogP contribution is 2.28. The minimum Gasteiger partial charge on any atom is -0.368 e. The van der Waals surface area contributed by atoms with Crippen LogP contribution in [0.4, 0.5) is 10.5 Å². The molecule has 0 saturated carbocycles. The van der Waals surface area contributed by atoms with Crippen molar-refractivity contribution in [2.45, 2.75) is 38.8 Å². The third-order valence-corrected chi connectivity index (χ3v) is 4.07. The van der Waals surface area contributed by atoms with E-state index < -0.39 is 5.91 Å². The highest BCUT2D eigenvalue weighted by atomic mass is 16.2. The van der Waals surface area contributed by atoms with Gasteiger partial charge in [-0.3, -0.25) is 9.48 Å². The van der Waals surface area contributed by atoms with Gasteiger partial charge >= 0.3 is 6.03 Å². The molecule has 1 heterocycles. The Labute approximate surface area is 140 Å². The number of anilines is 1. The molecule has 3 rings (SSSR count). The molecule has 1 atom stereocenters. The zero-order valence-corrected chi connectivity index (χ0v) is 13.6. The van der Waals surface area contributed by atoms with Crippen LogP contribution < -0.4 is 16.4 Å². The van der Waals surface area contributed by atoms with E-state index in [1.54, 1.807) is 4.68 Å². The fraction of sp³-hybridized carbons (Fsp3) is 0.353. The van der Waals surface area contributed by atoms with Gasteiger partial charge in [-0.15, -0.1) is 0 Å². The van der Waals surface area contributed by atoms with Gasteiger partial charge in [0.1, 0.15) is 6.54 Å². The predicted octanol–water partition coefficient (Wildman–Crippen LogP) is 1.88. The average Bonchev–Trinajstić information content (AvgIpc) is 2.92. The molecule has 1 aromatic carbocycles. The van der Waals surface area contributed by atoms with E-state index >= 15 is 0 Å². The summed E-state index contributed by atoms with van der Waals surface area (Å²) in [6.07, 6.45) is 4.52. The summed E-state index contributed by atoms with van der Waals surface area (Å²) in [6, 6.07) is 7.19. The number of nitrogens with zero attached hydrogens (tertiary/aromatic N) is 2. The van der Waals surface area contributed by atoms with E-state index in [1.807, 2.05) is 37.4 Å². The lowest BCUT2D eigenvalue weighted by Crippen LogP contribution is -2.34. The first-order valence-corrected chi connectivity index (χ1v) is 8.00. The highest BCUT2D eigenvalue weighted by molar-refractivity contribution is 5.89. The van der Waals surface area contributed by atoms with Gasteiger partial charge in [0.2, 0.25) is 5.91 Å². The van der Waals surface area contributed by atoms with Gasteiger partial charge in [-0.05, 0) is 43.9 Å². The first-order chi connectivity index (χ1) is 11.5. The molecule has 0 saturated heterocycles. The third-order valence-electron chi connectivity index (χ3n) is 4.07. The first-order valence-electron chi connectivity index (χ1n) is 8.00. The Balaban J connectivity index is 1.67. The maximum atomic E-state index is 12.2. The molecule has 7 heteroatoms. The summed E-state index contributed by atoms with van der Waals surface area (Å²) >= 11 is 0. The van der Waals surface area contributed by atoms with Crippen molar-refractivity contribution in [2.24, 2.45) is 5.73 Å². The Bertz CT molecular complexity index is 751. The molecule has 0 unspecified atom stereocenters. The minimum absolute atomic E-state index is 0.0509. The molecule has 1 aliphatic carbocycles. The van der Waals surface area contributed by atoms with Crippen molar-refractivity contribution in [3.63, 3.8) is 0 Å². The molecule has 4 N–H and O–H groups in total. The smallest absolute Gasteiger partial charge is 0.319 e. The first kappa shape index (κ1) is 16.0. The number of nitrogens with two attached hydrogens (primary N) is 1. The van der Waals surface area contributed by atoms with Gasteiger partial charge in [-0.1, -0.05) is 17.7 Å². The standard InChI is InChI=1S/C17H21N5O2/c1-11-5-7-13(8-6-11)19-17(24)20-14-4-2-3-12-9-22(10-15(18)23)21-16(12)14/h5-9,14H,2-4,10H2,1H3,(H2,18,23)(H2,19,20,24)/t14-/m1/s1. The highest BCUT2D eigenvalue weighted by Gasteiger charge is 2.25. The number of nitrogens with one attached hydrogen (secondary N) is 2. The average molecular weight is 327 g/mol.